The van der Waals surface area contributed by atoms with Gasteiger partial charge in [0.05, 0.1) is 31.8 Å². The molecule has 19 heavy (non-hydrogen) atoms. The summed E-state index contributed by atoms with van der Waals surface area (Å²) in [5.74, 6) is 1.46. The largest absolute Gasteiger partial charge is 0.490 e. The van der Waals surface area contributed by atoms with Gasteiger partial charge in [-0.3, -0.25) is 0 Å². The number of aliphatic hydroxyl groups excluding tert-OH is 1. The van der Waals surface area contributed by atoms with E-state index in [9.17, 15) is 5.11 Å². The first-order valence-electron chi connectivity index (χ1n) is 6.41. The minimum atomic E-state index is -0.574. The first kappa shape index (κ1) is 12.1. The van der Waals surface area contributed by atoms with Crippen LogP contribution in [-0.4, -0.2) is 18.3 Å². The molecule has 1 unspecified atom stereocenters. The molecular weight excluding hydrogens is 244 g/mol. The topological polar surface area (TPSA) is 51.8 Å². The summed E-state index contributed by atoms with van der Waals surface area (Å²) in [7, 11) is 0. The van der Waals surface area contributed by atoms with Crippen molar-refractivity contribution in [1.82, 2.24) is 0 Å². The van der Waals surface area contributed by atoms with Crippen molar-refractivity contribution in [3.63, 3.8) is 0 Å². The Morgan fingerprint density at radius 2 is 1.95 bits per heavy atom. The molecule has 100 valence electrons. The Morgan fingerprint density at radius 1 is 1.11 bits per heavy atom. The zero-order valence-electron chi connectivity index (χ0n) is 10.5. The average molecular weight is 260 g/mol. The molecule has 0 saturated heterocycles. The Bertz CT molecular complexity index is 533. The monoisotopic (exact) mass is 260 g/mol. The minimum Gasteiger partial charge on any atom is -0.490 e. The van der Waals surface area contributed by atoms with Gasteiger partial charge in [0, 0.05) is 12.8 Å². The summed E-state index contributed by atoms with van der Waals surface area (Å²) in [6.45, 7) is 1.32. The summed E-state index contributed by atoms with van der Waals surface area (Å²) in [4.78, 5) is 0. The van der Waals surface area contributed by atoms with Crippen LogP contribution in [0.15, 0.2) is 41.2 Å². The highest BCUT2D eigenvalue weighted by atomic mass is 16.5. The van der Waals surface area contributed by atoms with Gasteiger partial charge < -0.3 is 19.0 Å². The number of benzene rings is 1. The molecule has 3 rings (SSSR count). The summed E-state index contributed by atoms with van der Waals surface area (Å²) in [5, 5.41) is 10.2. The van der Waals surface area contributed by atoms with Crippen LogP contribution in [0.1, 0.15) is 23.7 Å². The normalized spacial score (nSPS) is 15.8. The van der Waals surface area contributed by atoms with Gasteiger partial charge in [0.1, 0.15) is 0 Å². The van der Waals surface area contributed by atoms with Crippen LogP contribution in [0.5, 0.6) is 11.5 Å². The second kappa shape index (κ2) is 5.36. The highest BCUT2D eigenvalue weighted by molar-refractivity contribution is 5.44. The van der Waals surface area contributed by atoms with Crippen molar-refractivity contribution in [2.45, 2.75) is 18.9 Å². The number of aliphatic hydroxyl groups is 1. The predicted molar refractivity (Wildman–Crippen MR) is 69.4 cm³/mol. The van der Waals surface area contributed by atoms with E-state index in [1.54, 1.807) is 12.5 Å². The molecule has 4 nitrogen and oxygen atoms in total. The van der Waals surface area contributed by atoms with Gasteiger partial charge in [0.2, 0.25) is 0 Å². The fourth-order valence-electron chi connectivity index (χ4n) is 2.14. The van der Waals surface area contributed by atoms with Crippen molar-refractivity contribution >= 4 is 0 Å². The number of fused-ring (bicyclic) bond motifs is 1. The van der Waals surface area contributed by atoms with Crippen LogP contribution in [0.4, 0.5) is 0 Å². The van der Waals surface area contributed by atoms with Gasteiger partial charge in [0.25, 0.3) is 0 Å². The van der Waals surface area contributed by atoms with Crippen LogP contribution < -0.4 is 9.47 Å². The molecule has 2 aromatic rings. The molecular formula is C15H16O4. The number of ether oxygens (including phenoxy) is 2. The molecule has 1 N–H and O–H groups in total. The highest BCUT2D eigenvalue weighted by Gasteiger charge is 2.15. The lowest BCUT2D eigenvalue weighted by molar-refractivity contribution is 0.177. The molecule has 1 aromatic heterocycles. The molecule has 1 aliphatic rings. The summed E-state index contributed by atoms with van der Waals surface area (Å²) < 4.78 is 16.2. The molecule has 0 fully saturated rings. The van der Waals surface area contributed by atoms with E-state index in [4.69, 9.17) is 13.9 Å². The number of hydrogen-bond donors (Lipinski definition) is 1. The molecule has 0 aliphatic carbocycles. The van der Waals surface area contributed by atoms with E-state index in [2.05, 4.69) is 0 Å². The van der Waals surface area contributed by atoms with Crippen LogP contribution in [0.25, 0.3) is 0 Å². The quantitative estimate of drug-likeness (QED) is 0.922. The van der Waals surface area contributed by atoms with E-state index >= 15 is 0 Å². The fourth-order valence-corrected chi connectivity index (χ4v) is 2.14. The van der Waals surface area contributed by atoms with Gasteiger partial charge in [-0.2, -0.15) is 0 Å². The lowest BCUT2D eigenvalue weighted by atomic mass is 10.0. The molecule has 1 aliphatic heterocycles. The van der Waals surface area contributed by atoms with E-state index in [1.165, 1.54) is 0 Å². The number of rotatable bonds is 3. The van der Waals surface area contributed by atoms with Crippen LogP contribution in [0.2, 0.25) is 0 Å². The molecule has 0 radical (unpaired) electrons. The Labute approximate surface area is 111 Å². The zero-order chi connectivity index (χ0) is 13.1. The summed E-state index contributed by atoms with van der Waals surface area (Å²) in [5.41, 5.74) is 1.80. The lowest BCUT2D eigenvalue weighted by Gasteiger charge is -2.13. The maximum Gasteiger partial charge on any atom is 0.161 e. The van der Waals surface area contributed by atoms with Crippen LogP contribution in [0.3, 0.4) is 0 Å². The molecule has 4 heteroatoms. The van der Waals surface area contributed by atoms with Crippen LogP contribution in [-0.2, 0) is 6.42 Å². The standard InChI is InChI=1S/C15H16O4/c16-13(8-11-4-7-17-10-11)12-2-3-14-15(9-12)19-6-1-5-18-14/h2-4,7,9-10,13,16H,1,5-6,8H2. The van der Waals surface area contributed by atoms with Crippen molar-refractivity contribution in [1.29, 1.82) is 0 Å². The number of furan rings is 1. The lowest BCUT2D eigenvalue weighted by Crippen LogP contribution is -2.02. The first-order valence-corrected chi connectivity index (χ1v) is 6.41. The maximum absolute atomic E-state index is 10.2. The van der Waals surface area contributed by atoms with Crippen molar-refractivity contribution < 1.29 is 19.0 Å². The maximum atomic E-state index is 10.2. The highest BCUT2D eigenvalue weighted by Crippen LogP contribution is 2.33. The van der Waals surface area contributed by atoms with Gasteiger partial charge >= 0.3 is 0 Å². The second-order valence-electron chi connectivity index (χ2n) is 4.61. The van der Waals surface area contributed by atoms with E-state index in [-0.39, 0.29) is 0 Å². The molecule has 0 spiro atoms. The SMILES string of the molecule is OC(Cc1ccoc1)c1ccc2c(c1)OCCCO2. The molecule has 0 amide bonds. The fraction of sp³-hybridized carbons (Fsp3) is 0.333. The Morgan fingerprint density at radius 3 is 2.74 bits per heavy atom. The Hall–Kier alpha value is -1.94. The van der Waals surface area contributed by atoms with Gasteiger partial charge in [0.15, 0.2) is 11.5 Å². The number of hydrogen-bond acceptors (Lipinski definition) is 4. The third-order valence-corrected chi connectivity index (χ3v) is 3.17. The van der Waals surface area contributed by atoms with E-state index in [1.807, 2.05) is 24.3 Å². The smallest absolute Gasteiger partial charge is 0.161 e. The molecule has 2 heterocycles. The zero-order valence-corrected chi connectivity index (χ0v) is 10.5. The second-order valence-corrected chi connectivity index (χ2v) is 4.61. The summed E-state index contributed by atoms with van der Waals surface area (Å²) >= 11 is 0. The van der Waals surface area contributed by atoms with Crippen molar-refractivity contribution in [2.75, 3.05) is 13.2 Å². The van der Waals surface area contributed by atoms with Gasteiger partial charge in [-0.1, -0.05) is 6.07 Å². The summed E-state index contributed by atoms with van der Waals surface area (Å²) in [6, 6.07) is 7.44. The van der Waals surface area contributed by atoms with E-state index in [0.717, 1.165) is 23.3 Å². The average Bonchev–Trinajstić information content (AvgIpc) is 2.81. The Kier molecular flexibility index (Phi) is 3.42. The molecule has 0 bridgehead atoms. The molecule has 1 aromatic carbocycles. The van der Waals surface area contributed by atoms with Gasteiger partial charge in [-0.05, 0) is 29.3 Å². The van der Waals surface area contributed by atoms with Gasteiger partial charge in [-0.25, -0.2) is 0 Å². The Balaban J connectivity index is 1.79. The van der Waals surface area contributed by atoms with E-state index < -0.39 is 6.10 Å². The van der Waals surface area contributed by atoms with E-state index in [0.29, 0.717) is 25.4 Å². The minimum absolute atomic E-state index is 0.524. The summed E-state index contributed by atoms with van der Waals surface area (Å²) in [6.07, 6.45) is 4.08. The third-order valence-electron chi connectivity index (χ3n) is 3.17. The van der Waals surface area contributed by atoms with Crippen LogP contribution in [0, 0.1) is 0 Å². The molecule has 1 atom stereocenters. The van der Waals surface area contributed by atoms with Crippen LogP contribution >= 0.6 is 0 Å². The first-order chi connectivity index (χ1) is 9.33. The van der Waals surface area contributed by atoms with Crippen molar-refractivity contribution in [3.05, 3.63) is 47.9 Å². The molecule has 0 saturated carbocycles. The van der Waals surface area contributed by atoms with Gasteiger partial charge in [-0.15, -0.1) is 0 Å². The predicted octanol–water partition coefficient (Wildman–Crippen LogP) is 2.72. The van der Waals surface area contributed by atoms with Crippen molar-refractivity contribution in [3.8, 4) is 11.5 Å². The van der Waals surface area contributed by atoms with Crippen molar-refractivity contribution in [2.24, 2.45) is 0 Å². The third kappa shape index (κ3) is 2.74.